The Morgan fingerprint density at radius 3 is 2.50 bits per heavy atom. The minimum absolute atomic E-state index is 0.163. The first-order valence-electron chi connectivity index (χ1n) is 7.19. The number of likely N-dealkylation sites (tertiary alicyclic amines) is 1. The number of hydrogen-bond donors (Lipinski definition) is 1. The van der Waals surface area contributed by atoms with E-state index < -0.39 is 0 Å². The third-order valence-corrected chi connectivity index (χ3v) is 4.60. The van der Waals surface area contributed by atoms with Gasteiger partial charge in [-0.3, -0.25) is 4.79 Å². The van der Waals surface area contributed by atoms with Crippen molar-refractivity contribution >= 4 is 5.91 Å². The Morgan fingerprint density at radius 2 is 2.00 bits per heavy atom. The summed E-state index contributed by atoms with van der Waals surface area (Å²) in [5, 5.41) is 3.37. The summed E-state index contributed by atoms with van der Waals surface area (Å²) in [7, 11) is 4.27. The standard InChI is InChI=1S/C14H27N3O/c1-14(7-4-8-15-11-14)13(18)17-9-5-12(6-10-17)16(2)3/h12,15H,4-11H2,1-3H3. The summed E-state index contributed by atoms with van der Waals surface area (Å²) < 4.78 is 0. The Labute approximate surface area is 111 Å². The summed E-state index contributed by atoms with van der Waals surface area (Å²) in [6.45, 7) is 5.89. The lowest BCUT2D eigenvalue weighted by Gasteiger charge is -2.41. The van der Waals surface area contributed by atoms with Gasteiger partial charge in [-0.05, 0) is 53.2 Å². The summed E-state index contributed by atoms with van der Waals surface area (Å²) in [6.07, 6.45) is 4.38. The minimum Gasteiger partial charge on any atom is -0.342 e. The Balaban J connectivity index is 1.90. The van der Waals surface area contributed by atoms with Gasteiger partial charge in [-0.2, -0.15) is 0 Å². The van der Waals surface area contributed by atoms with Crippen LogP contribution in [0.5, 0.6) is 0 Å². The molecule has 0 bridgehead atoms. The van der Waals surface area contributed by atoms with Gasteiger partial charge in [-0.25, -0.2) is 0 Å². The van der Waals surface area contributed by atoms with Crippen LogP contribution in [0.3, 0.4) is 0 Å². The smallest absolute Gasteiger partial charge is 0.229 e. The van der Waals surface area contributed by atoms with Gasteiger partial charge in [0.05, 0.1) is 5.41 Å². The number of carbonyl (C=O) groups excluding carboxylic acids is 1. The van der Waals surface area contributed by atoms with Gasteiger partial charge in [0.1, 0.15) is 0 Å². The van der Waals surface area contributed by atoms with Gasteiger partial charge >= 0.3 is 0 Å². The first-order valence-corrected chi connectivity index (χ1v) is 7.19. The van der Waals surface area contributed by atoms with Crippen molar-refractivity contribution in [2.24, 2.45) is 5.41 Å². The molecule has 0 aromatic heterocycles. The SMILES string of the molecule is CN(C)C1CCN(C(=O)C2(C)CCCNC2)CC1. The molecule has 104 valence electrons. The molecule has 4 heteroatoms. The Morgan fingerprint density at radius 1 is 1.33 bits per heavy atom. The molecule has 1 atom stereocenters. The second-order valence-corrected chi connectivity index (χ2v) is 6.33. The van der Waals surface area contributed by atoms with Crippen molar-refractivity contribution in [3.63, 3.8) is 0 Å². The van der Waals surface area contributed by atoms with E-state index in [4.69, 9.17) is 0 Å². The lowest BCUT2D eigenvalue weighted by molar-refractivity contribution is -0.143. The zero-order valence-corrected chi connectivity index (χ0v) is 12.0. The monoisotopic (exact) mass is 253 g/mol. The van der Waals surface area contributed by atoms with E-state index in [1.165, 1.54) is 0 Å². The van der Waals surface area contributed by atoms with Crippen molar-refractivity contribution in [1.82, 2.24) is 15.1 Å². The second kappa shape index (κ2) is 5.57. The lowest BCUT2D eigenvalue weighted by atomic mass is 9.81. The van der Waals surface area contributed by atoms with Crippen LogP contribution in [-0.2, 0) is 4.79 Å². The van der Waals surface area contributed by atoms with Gasteiger partial charge < -0.3 is 15.1 Å². The second-order valence-electron chi connectivity index (χ2n) is 6.33. The maximum Gasteiger partial charge on any atom is 0.229 e. The Kier molecular flexibility index (Phi) is 4.28. The van der Waals surface area contributed by atoms with E-state index in [2.05, 4.69) is 36.1 Å². The van der Waals surface area contributed by atoms with E-state index in [0.29, 0.717) is 11.9 Å². The number of rotatable bonds is 2. The van der Waals surface area contributed by atoms with Gasteiger partial charge in [0.25, 0.3) is 0 Å². The predicted octanol–water partition coefficient (Wildman–Crippen LogP) is 0.929. The van der Waals surface area contributed by atoms with Gasteiger partial charge in [-0.1, -0.05) is 0 Å². The molecule has 0 aromatic carbocycles. The fourth-order valence-electron chi connectivity index (χ4n) is 3.21. The fourth-order valence-corrected chi connectivity index (χ4v) is 3.21. The van der Waals surface area contributed by atoms with Crippen molar-refractivity contribution < 1.29 is 4.79 Å². The van der Waals surface area contributed by atoms with Gasteiger partial charge in [0.15, 0.2) is 0 Å². The summed E-state index contributed by atoms with van der Waals surface area (Å²) >= 11 is 0. The van der Waals surface area contributed by atoms with Crippen LogP contribution < -0.4 is 5.32 Å². The van der Waals surface area contributed by atoms with E-state index in [1.807, 2.05) is 0 Å². The number of nitrogens with one attached hydrogen (secondary N) is 1. The highest BCUT2D eigenvalue weighted by atomic mass is 16.2. The average molecular weight is 253 g/mol. The van der Waals surface area contributed by atoms with Crippen LogP contribution in [0.4, 0.5) is 0 Å². The molecule has 2 aliphatic heterocycles. The molecule has 0 radical (unpaired) electrons. The van der Waals surface area contributed by atoms with Crippen LogP contribution in [0, 0.1) is 5.41 Å². The number of hydrogen-bond acceptors (Lipinski definition) is 3. The molecule has 1 unspecified atom stereocenters. The largest absolute Gasteiger partial charge is 0.342 e. The molecule has 2 heterocycles. The molecule has 2 fully saturated rings. The number of amides is 1. The molecule has 0 aliphatic carbocycles. The van der Waals surface area contributed by atoms with E-state index in [9.17, 15) is 4.79 Å². The van der Waals surface area contributed by atoms with Crippen molar-refractivity contribution in [1.29, 1.82) is 0 Å². The lowest BCUT2D eigenvalue weighted by Crippen LogP contribution is -2.53. The number of piperidine rings is 2. The molecule has 4 nitrogen and oxygen atoms in total. The molecule has 1 amide bonds. The van der Waals surface area contributed by atoms with Crippen LogP contribution >= 0.6 is 0 Å². The third-order valence-electron chi connectivity index (χ3n) is 4.60. The van der Waals surface area contributed by atoms with Crippen molar-refractivity contribution in [2.75, 3.05) is 40.3 Å². The molecule has 1 N–H and O–H groups in total. The maximum absolute atomic E-state index is 12.6. The van der Waals surface area contributed by atoms with Gasteiger partial charge in [0, 0.05) is 25.7 Å². The number of carbonyl (C=O) groups is 1. The Bertz CT molecular complexity index is 289. The highest BCUT2D eigenvalue weighted by molar-refractivity contribution is 5.82. The molecule has 2 aliphatic rings. The number of nitrogens with zero attached hydrogens (tertiary/aromatic N) is 2. The summed E-state index contributed by atoms with van der Waals surface area (Å²) in [5.74, 6) is 0.368. The zero-order chi connectivity index (χ0) is 13.2. The molecule has 2 saturated heterocycles. The predicted molar refractivity (Wildman–Crippen MR) is 73.5 cm³/mol. The van der Waals surface area contributed by atoms with E-state index in [0.717, 1.165) is 51.9 Å². The highest BCUT2D eigenvalue weighted by Gasteiger charge is 2.38. The van der Waals surface area contributed by atoms with Crippen LogP contribution in [0.15, 0.2) is 0 Å². The molecular formula is C14H27N3O. The Hall–Kier alpha value is -0.610. The molecular weight excluding hydrogens is 226 g/mol. The topological polar surface area (TPSA) is 35.6 Å². The van der Waals surface area contributed by atoms with Gasteiger partial charge in [0.2, 0.25) is 5.91 Å². The molecule has 0 spiro atoms. The summed E-state index contributed by atoms with van der Waals surface area (Å²) in [5.41, 5.74) is -0.163. The normalized spacial score (nSPS) is 30.8. The summed E-state index contributed by atoms with van der Waals surface area (Å²) in [4.78, 5) is 17.0. The minimum atomic E-state index is -0.163. The van der Waals surface area contributed by atoms with E-state index >= 15 is 0 Å². The average Bonchev–Trinajstić information content (AvgIpc) is 2.39. The first-order chi connectivity index (χ1) is 8.53. The van der Waals surface area contributed by atoms with Crippen LogP contribution in [0.2, 0.25) is 0 Å². The quantitative estimate of drug-likeness (QED) is 0.795. The maximum atomic E-state index is 12.6. The van der Waals surface area contributed by atoms with Crippen molar-refractivity contribution in [3.8, 4) is 0 Å². The van der Waals surface area contributed by atoms with Gasteiger partial charge in [-0.15, -0.1) is 0 Å². The molecule has 0 aromatic rings. The van der Waals surface area contributed by atoms with Crippen molar-refractivity contribution in [3.05, 3.63) is 0 Å². The zero-order valence-electron chi connectivity index (χ0n) is 12.0. The first kappa shape index (κ1) is 13.8. The third kappa shape index (κ3) is 2.86. The molecule has 2 rings (SSSR count). The highest BCUT2D eigenvalue weighted by Crippen LogP contribution is 2.29. The molecule has 0 saturated carbocycles. The van der Waals surface area contributed by atoms with Crippen LogP contribution in [0.1, 0.15) is 32.6 Å². The van der Waals surface area contributed by atoms with E-state index in [-0.39, 0.29) is 5.41 Å². The van der Waals surface area contributed by atoms with Crippen LogP contribution in [-0.4, -0.2) is 62.0 Å². The van der Waals surface area contributed by atoms with E-state index in [1.54, 1.807) is 0 Å². The summed E-state index contributed by atoms with van der Waals surface area (Å²) in [6, 6.07) is 0.645. The van der Waals surface area contributed by atoms with Crippen molar-refractivity contribution in [2.45, 2.75) is 38.6 Å². The fraction of sp³-hybridized carbons (Fsp3) is 0.929. The molecule has 18 heavy (non-hydrogen) atoms. The van der Waals surface area contributed by atoms with Crippen LogP contribution in [0.25, 0.3) is 0 Å².